The van der Waals surface area contributed by atoms with Gasteiger partial charge in [-0.25, -0.2) is 0 Å². The van der Waals surface area contributed by atoms with E-state index in [0.29, 0.717) is 0 Å². The van der Waals surface area contributed by atoms with Crippen molar-refractivity contribution in [3.63, 3.8) is 0 Å². The van der Waals surface area contributed by atoms with E-state index >= 15 is 0 Å². The van der Waals surface area contributed by atoms with E-state index < -0.39 is 0 Å². The molecule has 100 valence electrons. The lowest BCUT2D eigenvalue weighted by molar-refractivity contribution is 0.264. The summed E-state index contributed by atoms with van der Waals surface area (Å²) in [6.45, 7) is 8.03. The first kappa shape index (κ1) is 21.6. The van der Waals surface area contributed by atoms with E-state index in [9.17, 15) is 0 Å². The van der Waals surface area contributed by atoms with Crippen LogP contribution in [0.2, 0.25) is 0 Å². The molecular formula is C14H27ClN2. The van der Waals surface area contributed by atoms with Crippen LogP contribution < -0.4 is 0 Å². The maximum absolute atomic E-state index is 5.22. The molecule has 0 aromatic rings. The third kappa shape index (κ3) is 9.07. The molecule has 0 amide bonds. The van der Waals surface area contributed by atoms with Gasteiger partial charge in [0, 0.05) is 0 Å². The zero-order valence-corrected chi connectivity index (χ0v) is 13.3. The molecule has 0 rings (SSSR count). The van der Waals surface area contributed by atoms with Crippen LogP contribution in [0.3, 0.4) is 0 Å². The summed E-state index contributed by atoms with van der Waals surface area (Å²) in [6.07, 6.45) is 10.4. The summed E-state index contributed by atoms with van der Waals surface area (Å²) < 4.78 is 0. The van der Waals surface area contributed by atoms with Crippen LogP contribution in [-0.2, 0) is 0 Å². The SMILES string of the molecule is C#CC(C)(C)N(C)C.C#CC(C)(C)N(C)C.Cl. The standard InChI is InChI=1S/2C7H13N.ClH/c2*1-6-7(2,3)8(4)5;/h2*1H,2-5H3;1H. The number of nitrogens with zero attached hydrogens (tertiary/aromatic N) is 2. The lowest BCUT2D eigenvalue weighted by atomic mass is 10.1. The zero-order valence-electron chi connectivity index (χ0n) is 12.5. The first-order chi connectivity index (χ1) is 7.01. The van der Waals surface area contributed by atoms with Crippen LogP contribution in [0.15, 0.2) is 0 Å². The quantitative estimate of drug-likeness (QED) is 0.702. The highest BCUT2D eigenvalue weighted by Crippen LogP contribution is 2.06. The maximum atomic E-state index is 5.22. The zero-order chi connectivity index (χ0) is 13.6. The first-order valence-electron chi connectivity index (χ1n) is 5.31. The molecule has 0 bridgehead atoms. The molecule has 0 heterocycles. The number of hydrogen-bond acceptors (Lipinski definition) is 2. The minimum absolute atomic E-state index is 0. The van der Waals surface area contributed by atoms with Crippen LogP contribution >= 0.6 is 12.4 Å². The average Bonchev–Trinajstić information content (AvgIpc) is 2.18. The molecule has 0 aliphatic carbocycles. The molecule has 0 radical (unpaired) electrons. The third-order valence-electron chi connectivity index (χ3n) is 2.94. The van der Waals surface area contributed by atoms with Gasteiger partial charge in [-0.2, -0.15) is 0 Å². The fourth-order valence-electron chi connectivity index (χ4n) is 0.258. The van der Waals surface area contributed by atoms with Crippen molar-refractivity contribution in [3.8, 4) is 24.7 Å². The van der Waals surface area contributed by atoms with Gasteiger partial charge in [0.25, 0.3) is 0 Å². The summed E-state index contributed by atoms with van der Waals surface area (Å²) in [7, 11) is 7.89. The number of hydrogen-bond donors (Lipinski definition) is 0. The molecule has 0 saturated carbocycles. The predicted molar refractivity (Wildman–Crippen MR) is 80.4 cm³/mol. The molecule has 3 heteroatoms. The molecule has 0 aliphatic heterocycles. The monoisotopic (exact) mass is 258 g/mol. The fraction of sp³-hybridized carbons (Fsp3) is 0.714. The van der Waals surface area contributed by atoms with Gasteiger partial charge >= 0.3 is 0 Å². The molecule has 0 unspecified atom stereocenters. The number of rotatable bonds is 2. The van der Waals surface area contributed by atoms with E-state index in [1.807, 2.05) is 65.7 Å². The highest BCUT2D eigenvalue weighted by molar-refractivity contribution is 5.85. The second-order valence-corrected chi connectivity index (χ2v) is 5.20. The Morgan fingerprint density at radius 3 is 0.882 bits per heavy atom. The van der Waals surface area contributed by atoms with Gasteiger partial charge in [0.15, 0.2) is 0 Å². The van der Waals surface area contributed by atoms with Crippen LogP contribution in [0.25, 0.3) is 0 Å². The van der Waals surface area contributed by atoms with Crippen molar-refractivity contribution in [3.05, 3.63) is 0 Å². The van der Waals surface area contributed by atoms with Gasteiger partial charge in [-0.3, -0.25) is 9.80 Å². The largest absolute Gasteiger partial charge is 0.294 e. The Morgan fingerprint density at radius 2 is 0.882 bits per heavy atom. The minimum Gasteiger partial charge on any atom is -0.294 e. The summed E-state index contributed by atoms with van der Waals surface area (Å²) >= 11 is 0. The Bertz CT molecular complexity index is 248. The van der Waals surface area contributed by atoms with E-state index in [4.69, 9.17) is 12.8 Å². The lowest BCUT2D eigenvalue weighted by Gasteiger charge is -2.25. The van der Waals surface area contributed by atoms with Gasteiger partial charge in [0.1, 0.15) is 0 Å². The molecule has 0 N–H and O–H groups in total. The van der Waals surface area contributed by atoms with E-state index in [2.05, 4.69) is 11.8 Å². The second-order valence-electron chi connectivity index (χ2n) is 5.20. The molecule has 0 aromatic carbocycles. The predicted octanol–water partition coefficient (Wildman–Crippen LogP) is 2.34. The normalized spacial score (nSPS) is 10.8. The topological polar surface area (TPSA) is 6.48 Å². The maximum Gasteiger partial charge on any atom is 0.0761 e. The Hall–Kier alpha value is -0.670. The van der Waals surface area contributed by atoms with Crippen LogP contribution in [0.1, 0.15) is 27.7 Å². The van der Waals surface area contributed by atoms with Gasteiger partial charge in [-0.05, 0) is 55.9 Å². The summed E-state index contributed by atoms with van der Waals surface area (Å²) in [5.41, 5.74) is -0.194. The minimum atomic E-state index is -0.0972. The van der Waals surface area contributed by atoms with Gasteiger partial charge < -0.3 is 0 Å². The number of terminal acetylenes is 2. The second kappa shape index (κ2) is 8.43. The number of halogens is 1. The molecule has 0 fully saturated rings. The summed E-state index contributed by atoms with van der Waals surface area (Å²) in [5.74, 6) is 5.33. The van der Waals surface area contributed by atoms with Crippen molar-refractivity contribution in [1.29, 1.82) is 0 Å². The van der Waals surface area contributed by atoms with Gasteiger partial charge in [-0.15, -0.1) is 25.3 Å². The first-order valence-corrected chi connectivity index (χ1v) is 5.31. The highest BCUT2D eigenvalue weighted by Gasteiger charge is 2.15. The summed E-state index contributed by atoms with van der Waals surface area (Å²) in [4.78, 5) is 4.01. The van der Waals surface area contributed by atoms with E-state index in [-0.39, 0.29) is 23.5 Å². The van der Waals surface area contributed by atoms with Crippen LogP contribution in [0.4, 0.5) is 0 Å². The summed E-state index contributed by atoms with van der Waals surface area (Å²) in [5, 5.41) is 0. The summed E-state index contributed by atoms with van der Waals surface area (Å²) in [6, 6.07) is 0. The molecular weight excluding hydrogens is 232 g/mol. The Kier molecular flexibility index (Phi) is 10.7. The molecule has 0 saturated heterocycles. The van der Waals surface area contributed by atoms with E-state index in [1.54, 1.807) is 0 Å². The van der Waals surface area contributed by atoms with Crippen LogP contribution in [0.5, 0.6) is 0 Å². The van der Waals surface area contributed by atoms with Crippen molar-refractivity contribution in [2.24, 2.45) is 0 Å². The molecule has 0 aromatic heterocycles. The third-order valence-corrected chi connectivity index (χ3v) is 2.94. The van der Waals surface area contributed by atoms with Crippen LogP contribution in [0, 0.1) is 24.7 Å². The lowest BCUT2D eigenvalue weighted by Crippen LogP contribution is -2.36. The van der Waals surface area contributed by atoms with Crippen LogP contribution in [-0.4, -0.2) is 49.1 Å². The van der Waals surface area contributed by atoms with Crippen molar-refractivity contribution in [1.82, 2.24) is 9.80 Å². The highest BCUT2D eigenvalue weighted by atomic mass is 35.5. The van der Waals surface area contributed by atoms with Crippen molar-refractivity contribution in [2.45, 2.75) is 38.8 Å². The Morgan fingerprint density at radius 1 is 0.706 bits per heavy atom. The van der Waals surface area contributed by atoms with Crippen molar-refractivity contribution < 1.29 is 0 Å². The molecule has 17 heavy (non-hydrogen) atoms. The molecule has 0 spiro atoms. The van der Waals surface area contributed by atoms with Crippen molar-refractivity contribution in [2.75, 3.05) is 28.2 Å². The fourth-order valence-corrected chi connectivity index (χ4v) is 0.258. The van der Waals surface area contributed by atoms with Gasteiger partial charge in [-0.1, -0.05) is 11.8 Å². The smallest absolute Gasteiger partial charge is 0.0761 e. The van der Waals surface area contributed by atoms with E-state index in [1.165, 1.54) is 0 Å². The molecule has 0 atom stereocenters. The molecule has 0 aliphatic rings. The van der Waals surface area contributed by atoms with Gasteiger partial charge in [0.05, 0.1) is 11.1 Å². The van der Waals surface area contributed by atoms with Gasteiger partial charge in [0.2, 0.25) is 0 Å². The Balaban J connectivity index is -0.000000218. The average molecular weight is 259 g/mol. The van der Waals surface area contributed by atoms with E-state index in [0.717, 1.165) is 0 Å². The molecule has 2 nitrogen and oxygen atoms in total. The Labute approximate surface area is 114 Å². The van der Waals surface area contributed by atoms with Crippen molar-refractivity contribution >= 4 is 12.4 Å².